The molecule has 0 spiro atoms. The van der Waals surface area contributed by atoms with Crippen LogP contribution in [0.2, 0.25) is 0 Å². The van der Waals surface area contributed by atoms with E-state index in [0.717, 1.165) is 18.8 Å². The zero-order valence-electron chi connectivity index (χ0n) is 9.10. The Kier molecular flexibility index (Phi) is 2.50. The first-order valence-electron chi connectivity index (χ1n) is 5.72. The Balaban J connectivity index is 1.92. The lowest BCUT2D eigenvalue weighted by molar-refractivity contribution is 0.372. The second-order valence-electron chi connectivity index (χ2n) is 4.14. The van der Waals surface area contributed by atoms with Gasteiger partial charge in [-0.2, -0.15) is 0 Å². The smallest absolute Gasteiger partial charge is 0.242 e. The van der Waals surface area contributed by atoms with Gasteiger partial charge in [0.1, 0.15) is 12.0 Å². The van der Waals surface area contributed by atoms with E-state index in [1.54, 1.807) is 12.5 Å². The SMILES string of the molecule is c1cc(-c2ncco2)n([C@@H]2CCCNC2)c1. The summed E-state index contributed by atoms with van der Waals surface area (Å²) < 4.78 is 7.62. The number of aromatic nitrogens is 2. The van der Waals surface area contributed by atoms with E-state index in [9.17, 15) is 0 Å². The van der Waals surface area contributed by atoms with Crippen molar-refractivity contribution >= 4 is 0 Å². The van der Waals surface area contributed by atoms with E-state index < -0.39 is 0 Å². The molecule has 2 aromatic rings. The lowest BCUT2D eigenvalue weighted by Crippen LogP contribution is -2.31. The minimum atomic E-state index is 0.519. The van der Waals surface area contributed by atoms with Crippen LogP contribution in [-0.2, 0) is 0 Å². The third-order valence-electron chi connectivity index (χ3n) is 3.09. The van der Waals surface area contributed by atoms with Crippen LogP contribution in [0.1, 0.15) is 18.9 Å². The number of rotatable bonds is 2. The molecule has 0 radical (unpaired) electrons. The van der Waals surface area contributed by atoms with Gasteiger partial charge in [-0.05, 0) is 31.5 Å². The van der Waals surface area contributed by atoms with Crippen molar-refractivity contribution in [3.05, 3.63) is 30.8 Å². The average molecular weight is 217 g/mol. The summed E-state index contributed by atoms with van der Waals surface area (Å²) in [5, 5.41) is 3.42. The van der Waals surface area contributed by atoms with Crippen molar-refractivity contribution in [2.75, 3.05) is 13.1 Å². The second kappa shape index (κ2) is 4.14. The Morgan fingerprint density at radius 1 is 1.50 bits per heavy atom. The first-order valence-corrected chi connectivity index (χ1v) is 5.72. The molecular formula is C12H15N3O. The number of nitrogens with one attached hydrogen (secondary N) is 1. The highest BCUT2D eigenvalue weighted by Gasteiger charge is 2.18. The van der Waals surface area contributed by atoms with Crippen LogP contribution in [0.15, 0.2) is 35.2 Å². The molecule has 84 valence electrons. The molecule has 1 aliphatic rings. The van der Waals surface area contributed by atoms with Crippen LogP contribution in [0.5, 0.6) is 0 Å². The Bertz CT molecular complexity index is 441. The fourth-order valence-electron chi connectivity index (χ4n) is 2.31. The summed E-state index contributed by atoms with van der Waals surface area (Å²) in [5.41, 5.74) is 1.07. The maximum absolute atomic E-state index is 5.36. The number of hydrogen-bond donors (Lipinski definition) is 1. The zero-order chi connectivity index (χ0) is 10.8. The second-order valence-corrected chi connectivity index (χ2v) is 4.14. The summed E-state index contributed by atoms with van der Waals surface area (Å²) >= 11 is 0. The molecule has 1 atom stereocenters. The number of hydrogen-bond acceptors (Lipinski definition) is 3. The predicted octanol–water partition coefficient (Wildman–Crippen LogP) is 2.07. The molecule has 4 nitrogen and oxygen atoms in total. The van der Waals surface area contributed by atoms with Gasteiger partial charge in [0.2, 0.25) is 5.89 Å². The number of piperidine rings is 1. The normalized spacial score (nSPS) is 21.1. The molecule has 0 unspecified atom stereocenters. The van der Waals surface area contributed by atoms with E-state index >= 15 is 0 Å². The monoisotopic (exact) mass is 217 g/mol. The minimum Gasteiger partial charge on any atom is -0.443 e. The molecular weight excluding hydrogens is 202 g/mol. The summed E-state index contributed by atoms with van der Waals surface area (Å²) in [4.78, 5) is 4.21. The molecule has 0 aliphatic carbocycles. The zero-order valence-corrected chi connectivity index (χ0v) is 9.10. The van der Waals surface area contributed by atoms with E-state index in [-0.39, 0.29) is 0 Å². The topological polar surface area (TPSA) is 43.0 Å². The van der Waals surface area contributed by atoms with Crippen LogP contribution in [0.3, 0.4) is 0 Å². The largest absolute Gasteiger partial charge is 0.443 e. The highest BCUT2D eigenvalue weighted by atomic mass is 16.3. The summed E-state index contributed by atoms with van der Waals surface area (Å²) in [7, 11) is 0. The maximum atomic E-state index is 5.36. The summed E-state index contributed by atoms with van der Waals surface area (Å²) in [5.74, 6) is 0.704. The lowest BCUT2D eigenvalue weighted by atomic mass is 10.1. The first-order chi connectivity index (χ1) is 7.95. The maximum Gasteiger partial charge on any atom is 0.242 e. The van der Waals surface area contributed by atoms with Crippen molar-refractivity contribution < 1.29 is 4.42 Å². The van der Waals surface area contributed by atoms with Gasteiger partial charge in [-0.25, -0.2) is 4.98 Å². The fourth-order valence-corrected chi connectivity index (χ4v) is 2.31. The summed E-state index contributed by atoms with van der Waals surface area (Å²) in [6, 6.07) is 4.62. The van der Waals surface area contributed by atoms with E-state index in [1.165, 1.54) is 12.8 Å². The number of oxazole rings is 1. The summed E-state index contributed by atoms with van der Waals surface area (Å²) in [6.45, 7) is 2.16. The van der Waals surface area contributed by atoms with Crippen LogP contribution >= 0.6 is 0 Å². The van der Waals surface area contributed by atoms with Gasteiger partial charge in [-0.15, -0.1) is 0 Å². The van der Waals surface area contributed by atoms with E-state index in [4.69, 9.17) is 4.42 Å². The van der Waals surface area contributed by atoms with Crippen LogP contribution in [0.4, 0.5) is 0 Å². The molecule has 3 rings (SSSR count). The van der Waals surface area contributed by atoms with E-state index in [1.807, 2.05) is 6.07 Å². The van der Waals surface area contributed by atoms with Crippen molar-refractivity contribution in [3.8, 4) is 11.6 Å². The third kappa shape index (κ3) is 1.65. The van der Waals surface area contributed by atoms with Gasteiger partial charge in [0.15, 0.2) is 0 Å². The third-order valence-corrected chi connectivity index (χ3v) is 3.09. The molecule has 4 heteroatoms. The standard InChI is InChI=1S/C12H15N3O/c1-3-10(9-13-5-1)15-7-2-4-11(15)12-14-6-8-16-12/h2,4,6-8,10,13H,1,3,5,9H2/t10-/m1/s1. The van der Waals surface area contributed by atoms with Crippen molar-refractivity contribution in [1.29, 1.82) is 0 Å². The van der Waals surface area contributed by atoms with Gasteiger partial charge in [0.25, 0.3) is 0 Å². The lowest BCUT2D eigenvalue weighted by Gasteiger charge is -2.25. The Labute approximate surface area is 94.3 Å². The Hall–Kier alpha value is -1.55. The van der Waals surface area contributed by atoms with Crippen LogP contribution in [-0.4, -0.2) is 22.6 Å². The molecule has 0 bridgehead atoms. The Morgan fingerprint density at radius 2 is 2.50 bits per heavy atom. The molecule has 1 aliphatic heterocycles. The number of nitrogens with zero attached hydrogens (tertiary/aromatic N) is 2. The van der Waals surface area contributed by atoms with Crippen LogP contribution in [0, 0.1) is 0 Å². The van der Waals surface area contributed by atoms with Gasteiger partial charge in [0, 0.05) is 18.8 Å². The molecule has 0 aromatic carbocycles. The van der Waals surface area contributed by atoms with Gasteiger partial charge in [0.05, 0.1) is 6.20 Å². The first kappa shape index (κ1) is 9.66. The highest BCUT2D eigenvalue weighted by Crippen LogP contribution is 2.25. The van der Waals surface area contributed by atoms with Gasteiger partial charge < -0.3 is 14.3 Å². The van der Waals surface area contributed by atoms with Crippen molar-refractivity contribution in [1.82, 2.24) is 14.9 Å². The molecule has 16 heavy (non-hydrogen) atoms. The molecule has 0 saturated carbocycles. The molecule has 3 heterocycles. The fraction of sp³-hybridized carbons (Fsp3) is 0.417. The molecule has 1 N–H and O–H groups in total. The van der Waals surface area contributed by atoms with Gasteiger partial charge >= 0.3 is 0 Å². The quantitative estimate of drug-likeness (QED) is 0.837. The van der Waals surface area contributed by atoms with E-state index in [2.05, 4.69) is 27.1 Å². The molecule has 1 fully saturated rings. The minimum absolute atomic E-state index is 0.519. The van der Waals surface area contributed by atoms with Crippen molar-refractivity contribution in [2.45, 2.75) is 18.9 Å². The summed E-state index contributed by atoms with van der Waals surface area (Å²) in [6.07, 6.45) is 7.86. The predicted molar refractivity (Wildman–Crippen MR) is 61.1 cm³/mol. The van der Waals surface area contributed by atoms with E-state index in [0.29, 0.717) is 11.9 Å². The molecule has 0 amide bonds. The Morgan fingerprint density at radius 3 is 3.25 bits per heavy atom. The highest BCUT2D eigenvalue weighted by molar-refractivity contribution is 5.48. The molecule has 2 aromatic heterocycles. The average Bonchev–Trinajstić information content (AvgIpc) is 3.01. The van der Waals surface area contributed by atoms with Crippen molar-refractivity contribution in [3.63, 3.8) is 0 Å². The van der Waals surface area contributed by atoms with Crippen LogP contribution < -0.4 is 5.32 Å². The molecule has 1 saturated heterocycles. The van der Waals surface area contributed by atoms with Crippen LogP contribution in [0.25, 0.3) is 11.6 Å². The van der Waals surface area contributed by atoms with Gasteiger partial charge in [-0.3, -0.25) is 0 Å². The van der Waals surface area contributed by atoms with Gasteiger partial charge in [-0.1, -0.05) is 0 Å². The van der Waals surface area contributed by atoms with Crippen molar-refractivity contribution in [2.24, 2.45) is 0 Å².